The number of hydrogen-bond acceptors (Lipinski definition) is 9. The van der Waals surface area contributed by atoms with E-state index in [1.54, 1.807) is 0 Å². The maximum atomic E-state index is 12.0. The minimum Gasteiger partial charge on any atom is -0.480 e. The second kappa shape index (κ2) is 13.3. The number of carboxylic acids is 2. The third-order valence-corrected chi connectivity index (χ3v) is 4.42. The predicted molar refractivity (Wildman–Crippen MR) is 93.8 cm³/mol. The predicted octanol–water partition coefficient (Wildman–Crippen LogP) is -3.69. The molecule has 0 aromatic heterocycles. The lowest BCUT2D eigenvalue weighted by Gasteiger charge is -2.20. The van der Waals surface area contributed by atoms with Crippen molar-refractivity contribution >= 4 is 35.5 Å². The van der Waals surface area contributed by atoms with E-state index in [0.717, 1.165) is 11.8 Å². The molecule has 0 aromatic rings. The molecule has 0 bridgehead atoms. The van der Waals surface area contributed by atoms with Crippen molar-refractivity contribution in [2.24, 2.45) is 5.73 Å². The van der Waals surface area contributed by atoms with Crippen molar-refractivity contribution in [1.29, 1.82) is 0 Å². The summed E-state index contributed by atoms with van der Waals surface area (Å²) in [6.45, 7) is -1.31. The molecule has 0 aliphatic rings. The van der Waals surface area contributed by atoms with Gasteiger partial charge in [-0.25, -0.2) is 0 Å². The van der Waals surface area contributed by atoms with E-state index in [1.165, 1.54) is 0 Å². The molecule has 0 saturated heterocycles. The number of nitrogens with two attached hydrogens (primary N) is 1. The Morgan fingerprint density at radius 1 is 1.04 bits per heavy atom. The van der Waals surface area contributed by atoms with E-state index in [9.17, 15) is 29.4 Å². The van der Waals surface area contributed by atoms with Crippen molar-refractivity contribution in [1.82, 2.24) is 10.6 Å². The Morgan fingerprint density at radius 3 is 2.19 bits per heavy atom. The highest BCUT2D eigenvalue weighted by Crippen LogP contribution is 2.09. The molecule has 4 atom stereocenters. The Hall–Kier alpha value is -1.93. The largest absolute Gasteiger partial charge is 0.480 e. The SMILES string of the molecule is N[C@@H](CCC(=O)N[C@@H](CSCC(O)C(O)CO)C(=O)NCC(=O)O)C(=O)O. The molecule has 9 N–H and O–H groups in total. The zero-order valence-corrected chi connectivity index (χ0v) is 15.2. The standard InChI is InChI=1S/C14H25N3O9S/c15-7(14(25)26)1-2-11(21)17-8(13(24)16-3-12(22)23)5-27-6-10(20)9(19)4-18/h7-10,18-20H,1-6,15H2,(H,16,24)(H,17,21)(H,22,23)(H,25,26)/t7-,8-,9?,10?/m0/s1. The summed E-state index contributed by atoms with van der Waals surface area (Å²) in [6.07, 6.45) is -3.03. The highest BCUT2D eigenvalue weighted by molar-refractivity contribution is 7.99. The van der Waals surface area contributed by atoms with Gasteiger partial charge in [-0.15, -0.1) is 0 Å². The number of carbonyl (C=O) groups is 4. The summed E-state index contributed by atoms with van der Waals surface area (Å²) in [5, 5.41) is 49.3. The van der Waals surface area contributed by atoms with Gasteiger partial charge in [-0.1, -0.05) is 0 Å². The van der Waals surface area contributed by atoms with Gasteiger partial charge in [0.2, 0.25) is 11.8 Å². The summed E-state index contributed by atoms with van der Waals surface area (Å²) in [6, 6.07) is -2.39. The van der Waals surface area contributed by atoms with E-state index in [1.807, 2.05) is 0 Å². The second-order valence-corrected chi connectivity index (χ2v) is 6.64. The number of thioether (sulfide) groups is 1. The molecule has 0 aliphatic heterocycles. The maximum absolute atomic E-state index is 12.0. The Bertz CT molecular complexity index is 520. The van der Waals surface area contributed by atoms with Crippen LogP contribution in [-0.2, 0) is 19.2 Å². The van der Waals surface area contributed by atoms with Gasteiger partial charge in [-0.05, 0) is 6.42 Å². The Balaban J connectivity index is 4.68. The number of aliphatic carboxylic acids is 2. The van der Waals surface area contributed by atoms with Gasteiger partial charge < -0.3 is 41.9 Å². The molecule has 0 aliphatic carbocycles. The van der Waals surface area contributed by atoms with Crippen molar-refractivity contribution in [3.8, 4) is 0 Å². The molecular formula is C14H25N3O9S. The van der Waals surface area contributed by atoms with E-state index >= 15 is 0 Å². The highest BCUT2D eigenvalue weighted by Gasteiger charge is 2.23. The maximum Gasteiger partial charge on any atom is 0.322 e. The van der Waals surface area contributed by atoms with Gasteiger partial charge in [0, 0.05) is 17.9 Å². The number of carboxylic acid groups (broad SMARTS) is 2. The fraction of sp³-hybridized carbons (Fsp3) is 0.714. The van der Waals surface area contributed by atoms with Crippen molar-refractivity contribution < 1.29 is 44.7 Å². The Kier molecular flexibility index (Phi) is 12.3. The molecule has 0 rings (SSSR count). The van der Waals surface area contributed by atoms with Crippen LogP contribution in [0.15, 0.2) is 0 Å². The Morgan fingerprint density at radius 2 is 1.67 bits per heavy atom. The minimum absolute atomic E-state index is 0.0514. The van der Waals surface area contributed by atoms with Gasteiger partial charge in [0.15, 0.2) is 0 Å². The highest BCUT2D eigenvalue weighted by atomic mass is 32.2. The zero-order valence-electron chi connectivity index (χ0n) is 14.4. The van der Waals surface area contributed by atoms with Gasteiger partial charge in [-0.2, -0.15) is 11.8 Å². The molecule has 156 valence electrons. The van der Waals surface area contributed by atoms with E-state index < -0.39 is 61.2 Å². The van der Waals surface area contributed by atoms with E-state index in [4.69, 9.17) is 21.1 Å². The lowest BCUT2D eigenvalue weighted by Crippen LogP contribution is -2.49. The average molecular weight is 411 g/mol. The van der Waals surface area contributed by atoms with Gasteiger partial charge in [0.05, 0.1) is 12.7 Å². The lowest BCUT2D eigenvalue weighted by molar-refractivity contribution is -0.139. The number of carbonyl (C=O) groups excluding carboxylic acids is 2. The van der Waals surface area contributed by atoms with Crippen LogP contribution in [0.25, 0.3) is 0 Å². The van der Waals surface area contributed by atoms with E-state index in [0.29, 0.717) is 0 Å². The number of aliphatic hydroxyl groups excluding tert-OH is 3. The number of hydrogen-bond donors (Lipinski definition) is 8. The molecule has 0 heterocycles. The third-order valence-electron chi connectivity index (χ3n) is 3.27. The molecule has 0 fully saturated rings. The molecule has 12 nitrogen and oxygen atoms in total. The monoisotopic (exact) mass is 411 g/mol. The van der Waals surface area contributed by atoms with Crippen LogP contribution in [0.3, 0.4) is 0 Å². The van der Waals surface area contributed by atoms with Gasteiger partial charge in [0.1, 0.15) is 24.7 Å². The minimum atomic E-state index is -1.36. The number of aliphatic hydroxyl groups is 3. The number of rotatable bonds is 14. The molecule has 27 heavy (non-hydrogen) atoms. The van der Waals surface area contributed by atoms with Crippen molar-refractivity contribution in [3.05, 3.63) is 0 Å². The molecule has 0 saturated carbocycles. The fourth-order valence-corrected chi connectivity index (χ4v) is 2.75. The van der Waals surface area contributed by atoms with Crippen LogP contribution in [0.4, 0.5) is 0 Å². The number of nitrogens with one attached hydrogen (secondary N) is 2. The Labute approximate surface area is 159 Å². The molecule has 0 spiro atoms. The molecule has 2 unspecified atom stereocenters. The molecule has 0 aromatic carbocycles. The summed E-state index contributed by atoms with van der Waals surface area (Å²) < 4.78 is 0. The first kappa shape index (κ1) is 25.1. The summed E-state index contributed by atoms with van der Waals surface area (Å²) >= 11 is 0.984. The first-order valence-electron chi connectivity index (χ1n) is 7.90. The average Bonchev–Trinajstić information content (AvgIpc) is 2.61. The van der Waals surface area contributed by atoms with Gasteiger partial charge in [0.25, 0.3) is 0 Å². The lowest BCUT2D eigenvalue weighted by atomic mass is 10.1. The topological polar surface area (TPSA) is 220 Å². The van der Waals surface area contributed by atoms with Gasteiger partial charge >= 0.3 is 11.9 Å². The van der Waals surface area contributed by atoms with Gasteiger partial charge in [-0.3, -0.25) is 19.2 Å². The second-order valence-electron chi connectivity index (χ2n) is 5.57. The normalized spacial score (nSPS) is 15.3. The summed E-state index contributed by atoms with van der Waals surface area (Å²) in [5.74, 6) is -4.10. The van der Waals surface area contributed by atoms with Crippen molar-refractivity contribution in [2.45, 2.75) is 37.1 Å². The van der Waals surface area contributed by atoms with Crippen LogP contribution in [0.5, 0.6) is 0 Å². The third kappa shape index (κ3) is 11.4. The first-order valence-corrected chi connectivity index (χ1v) is 9.05. The van der Waals surface area contributed by atoms with Crippen LogP contribution < -0.4 is 16.4 Å². The smallest absolute Gasteiger partial charge is 0.322 e. The first-order chi connectivity index (χ1) is 12.6. The fourth-order valence-electron chi connectivity index (χ4n) is 1.68. The zero-order chi connectivity index (χ0) is 21.0. The summed E-state index contributed by atoms with van der Waals surface area (Å²) in [4.78, 5) is 45.1. The van der Waals surface area contributed by atoms with Crippen LogP contribution >= 0.6 is 11.8 Å². The van der Waals surface area contributed by atoms with Crippen LogP contribution in [0.1, 0.15) is 12.8 Å². The number of amides is 2. The van der Waals surface area contributed by atoms with Crippen molar-refractivity contribution in [3.63, 3.8) is 0 Å². The molecule has 13 heteroatoms. The van der Waals surface area contributed by atoms with E-state index in [-0.39, 0.29) is 24.3 Å². The quantitative estimate of drug-likeness (QED) is 0.139. The molecular weight excluding hydrogens is 386 g/mol. The molecule has 2 amide bonds. The molecule has 0 radical (unpaired) electrons. The van der Waals surface area contributed by atoms with Crippen molar-refractivity contribution in [2.75, 3.05) is 24.7 Å². The van der Waals surface area contributed by atoms with Crippen LogP contribution in [0, 0.1) is 0 Å². The van der Waals surface area contributed by atoms with Crippen LogP contribution in [-0.4, -0.2) is 98.2 Å². The van der Waals surface area contributed by atoms with Crippen LogP contribution in [0.2, 0.25) is 0 Å². The summed E-state index contributed by atoms with van der Waals surface area (Å²) in [7, 11) is 0. The summed E-state index contributed by atoms with van der Waals surface area (Å²) in [5.41, 5.74) is 5.29. The van der Waals surface area contributed by atoms with E-state index in [2.05, 4.69) is 10.6 Å².